The Morgan fingerprint density at radius 1 is 1.75 bits per heavy atom. The fourth-order valence-electron chi connectivity index (χ4n) is 0.594. The van der Waals surface area contributed by atoms with Crippen molar-refractivity contribution in [1.82, 2.24) is 5.32 Å². The van der Waals surface area contributed by atoms with Crippen molar-refractivity contribution < 1.29 is 9.47 Å². The minimum atomic E-state index is 0.0185. The van der Waals surface area contributed by atoms with Crippen LogP contribution in [0.2, 0.25) is 0 Å². The van der Waals surface area contributed by atoms with Gasteiger partial charge in [-0.05, 0) is 14.0 Å². The Morgan fingerprint density at radius 3 is 2.88 bits per heavy atom. The summed E-state index contributed by atoms with van der Waals surface area (Å²) in [6.07, 6.45) is 0.167. The first-order chi connectivity index (χ1) is 3.88. The lowest BCUT2D eigenvalue weighted by Gasteiger charge is -1.90. The Labute approximate surface area is 49.0 Å². The molecule has 0 spiro atoms. The molecule has 1 aliphatic heterocycles. The Morgan fingerprint density at radius 2 is 2.50 bits per heavy atom. The van der Waals surface area contributed by atoms with Crippen LogP contribution in [0.15, 0.2) is 0 Å². The molecule has 3 heteroatoms. The van der Waals surface area contributed by atoms with Crippen molar-refractivity contribution in [3.8, 4) is 0 Å². The van der Waals surface area contributed by atoms with Gasteiger partial charge >= 0.3 is 0 Å². The van der Waals surface area contributed by atoms with E-state index in [2.05, 4.69) is 5.32 Å². The third kappa shape index (κ3) is 1.18. The maximum atomic E-state index is 5.07. The monoisotopic (exact) mass is 117 g/mol. The Balaban J connectivity index is 1.99. The molecule has 2 atom stereocenters. The highest BCUT2D eigenvalue weighted by atomic mass is 16.8. The molecular weight excluding hydrogens is 106 g/mol. The highest BCUT2D eigenvalue weighted by Crippen LogP contribution is 2.18. The van der Waals surface area contributed by atoms with E-state index in [1.165, 1.54) is 0 Å². The van der Waals surface area contributed by atoms with E-state index >= 15 is 0 Å². The molecule has 0 aromatic heterocycles. The average Bonchev–Trinajstić information content (AvgIpc) is 2.48. The summed E-state index contributed by atoms with van der Waals surface area (Å²) in [4.78, 5) is 0. The molecular formula is C5H11NO2. The number of hydrogen-bond acceptors (Lipinski definition) is 3. The molecule has 0 aliphatic carbocycles. The van der Waals surface area contributed by atoms with Gasteiger partial charge in [0.25, 0.3) is 0 Å². The molecule has 0 radical (unpaired) electrons. The first-order valence-corrected chi connectivity index (χ1v) is 2.82. The molecule has 2 unspecified atom stereocenters. The highest BCUT2D eigenvalue weighted by molar-refractivity contribution is 4.71. The number of ether oxygens (including phenoxy) is 2. The molecule has 1 saturated heterocycles. The minimum Gasteiger partial charge on any atom is -0.349 e. The third-order valence-corrected chi connectivity index (χ3v) is 1.07. The zero-order valence-electron chi connectivity index (χ0n) is 5.18. The number of epoxide rings is 1. The van der Waals surface area contributed by atoms with Gasteiger partial charge in [0.1, 0.15) is 0 Å². The lowest BCUT2D eigenvalue weighted by atomic mass is 10.7. The predicted octanol–water partition coefficient (Wildman–Crippen LogP) is -0.0753. The van der Waals surface area contributed by atoms with E-state index in [4.69, 9.17) is 9.47 Å². The van der Waals surface area contributed by atoms with Crippen LogP contribution < -0.4 is 5.32 Å². The summed E-state index contributed by atoms with van der Waals surface area (Å²) in [5.74, 6) is 0. The van der Waals surface area contributed by atoms with Crippen molar-refractivity contribution in [2.75, 3.05) is 13.7 Å². The van der Waals surface area contributed by atoms with Crippen LogP contribution in [0.5, 0.6) is 0 Å². The Bertz CT molecular complexity index is 76.8. The zero-order chi connectivity index (χ0) is 5.98. The van der Waals surface area contributed by atoms with Gasteiger partial charge in [0.2, 0.25) is 0 Å². The summed E-state index contributed by atoms with van der Waals surface area (Å²) in [5.41, 5.74) is 0. The number of rotatable bonds is 3. The van der Waals surface area contributed by atoms with Gasteiger partial charge in [-0.25, -0.2) is 0 Å². The quantitative estimate of drug-likeness (QED) is 0.525. The van der Waals surface area contributed by atoms with E-state index < -0.39 is 0 Å². The second kappa shape index (κ2) is 2.44. The molecule has 1 N–H and O–H groups in total. The van der Waals surface area contributed by atoms with Crippen LogP contribution in [-0.2, 0) is 9.47 Å². The molecule has 0 aromatic carbocycles. The van der Waals surface area contributed by atoms with Crippen LogP contribution in [0.25, 0.3) is 0 Å². The topological polar surface area (TPSA) is 33.8 Å². The molecule has 1 heterocycles. The molecule has 1 fully saturated rings. The predicted molar refractivity (Wildman–Crippen MR) is 29.3 cm³/mol. The number of likely N-dealkylation sites (N-methyl/N-ethyl adjacent to an activating group) is 1. The maximum Gasteiger partial charge on any atom is 0.199 e. The van der Waals surface area contributed by atoms with E-state index in [1.807, 2.05) is 14.0 Å². The molecule has 0 aromatic rings. The van der Waals surface area contributed by atoms with Crippen molar-refractivity contribution in [3.05, 3.63) is 0 Å². The van der Waals surface area contributed by atoms with Gasteiger partial charge < -0.3 is 9.47 Å². The lowest BCUT2D eigenvalue weighted by molar-refractivity contribution is 0.0593. The van der Waals surface area contributed by atoms with Crippen molar-refractivity contribution in [1.29, 1.82) is 0 Å². The summed E-state index contributed by atoms with van der Waals surface area (Å²) in [6.45, 7) is 2.68. The van der Waals surface area contributed by atoms with Crippen LogP contribution in [0, 0.1) is 0 Å². The van der Waals surface area contributed by atoms with E-state index in [0.717, 1.165) is 6.61 Å². The van der Waals surface area contributed by atoms with Crippen molar-refractivity contribution in [3.63, 3.8) is 0 Å². The molecule has 48 valence electrons. The average molecular weight is 117 g/mol. The van der Waals surface area contributed by atoms with Crippen LogP contribution in [0.1, 0.15) is 6.92 Å². The Hall–Kier alpha value is -0.120. The van der Waals surface area contributed by atoms with Crippen LogP contribution in [0.4, 0.5) is 0 Å². The molecule has 0 amide bonds. The van der Waals surface area contributed by atoms with Gasteiger partial charge in [-0.15, -0.1) is 0 Å². The lowest BCUT2D eigenvalue weighted by Crippen LogP contribution is -2.14. The zero-order valence-corrected chi connectivity index (χ0v) is 5.18. The van der Waals surface area contributed by atoms with Crippen LogP contribution in [0.3, 0.4) is 0 Å². The van der Waals surface area contributed by atoms with E-state index in [0.29, 0.717) is 0 Å². The molecule has 1 aliphatic rings. The second-order valence-electron chi connectivity index (χ2n) is 1.67. The second-order valence-corrected chi connectivity index (χ2v) is 1.67. The minimum absolute atomic E-state index is 0.0185. The summed E-state index contributed by atoms with van der Waals surface area (Å²) < 4.78 is 10.0. The standard InChI is InChI=1S/C5H11NO2/c1-3-7-5-4(6-2)8-5/h4-6H,3H2,1-2H3. The third-order valence-electron chi connectivity index (χ3n) is 1.07. The SMILES string of the molecule is CCOC1OC1NC. The van der Waals surface area contributed by atoms with Gasteiger partial charge in [-0.3, -0.25) is 5.32 Å². The summed E-state index contributed by atoms with van der Waals surface area (Å²) in [7, 11) is 1.85. The van der Waals surface area contributed by atoms with Gasteiger partial charge in [0.05, 0.1) is 0 Å². The highest BCUT2D eigenvalue weighted by Gasteiger charge is 2.37. The number of nitrogens with one attached hydrogen (secondary N) is 1. The smallest absolute Gasteiger partial charge is 0.199 e. The van der Waals surface area contributed by atoms with Gasteiger partial charge in [0.15, 0.2) is 12.5 Å². The van der Waals surface area contributed by atoms with Crippen LogP contribution >= 0.6 is 0 Å². The van der Waals surface area contributed by atoms with Crippen LogP contribution in [-0.4, -0.2) is 26.2 Å². The van der Waals surface area contributed by atoms with Gasteiger partial charge in [0, 0.05) is 6.61 Å². The molecule has 8 heavy (non-hydrogen) atoms. The first-order valence-electron chi connectivity index (χ1n) is 2.82. The van der Waals surface area contributed by atoms with Gasteiger partial charge in [-0.1, -0.05) is 0 Å². The molecule has 0 bridgehead atoms. The fraction of sp³-hybridized carbons (Fsp3) is 1.00. The Kier molecular flexibility index (Phi) is 1.83. The fourth-order valence-corrected chi connectivity index (χ4v) is 0.594. The summed E-state index contributed by atoms with van der Waals surface area (Å²) in [6, 6.07) is 0. The molecule has 3 nitrogen and oxygen atoms in total. The van der Waals surface area contributed by atoms with Crippen molar-refractivity contribution in [2.24, 2.45) is 0 Å². The van der Waals surface area contributed by atoms with E-state index in [-0.39, 0.29) is 12.5 Å². The summed E-state index contributed by atoms with van der Waals surface area (Å²) >= 11 is 0. The van der Waals surface area contributed by atoms with Gasteiger partial charge in [-0.2, -0.15) is 0 Å². The van der Waals surface area contributed by atoms with E-state index in [1.54, 1.807) is 0 Å². The normalized spacial score (nSPS) is 35.2. The largest absolute Gasteiger partial charge is 0.349 e. The van der Waals surface area contributed by atoms with Crippen molar-refractivity contribution >= 4 is 0 Å². The summed E-state index contributed by atoms with van der Waals surface area (Å²) in [5, 5.41) is 2.93. The molecule has 0 saturated carbocycles. The number of hydrogen-bond donors (Lipinski definition) is 1. The first kappa shape index (κ1) is 6.01. The maximum absolute atomic E-state index is 5.07. The van der Waals surface area contributed by atoms with Crippen molar-refractivity contribution in [2.45, 2.75) is 19.4 Å². The molecule has 1 rings (SSSR count). The van der Waals surface area contributed by atoms with E-state index in [9.17, 15) is 0 Å².